The van der Waals surface area contributed by atoms with Crippen LogP contribution in [-0.4, -0.2) is 22.0 Å². The second-order valence-corrected chi connectivity index (χ2v) is 5.04. The monoisotopic (exact) mass is 304 g/mol. The summed E-state index contributed by atoms with van der Waals surface area (Å²) in [6.45, 7) is 0. The van der Waals surface area contributed by atoms with Gasteiger partial charge in [-0.1, -0.05) is 12.8 Å². The highest BCUT2D eigenvalue weighted by Gasteiger charge is 2.35. The molecular formula is C12H15F3N4O2. The molecule has 0 aromatic carbocycles. The third kappa shape index (κ3) is 3.60. The van der Waals surface area contributed by atoms with E-state index in [9.17, 15) is 23.3 Å². The van der Waals surface area contributed by atoms with E-state index in [4.69, 9.17) is 5.73 Å². The van der Waals surface area contributed by atoms with Gasteiger partial charge >= 0.3 is 11.9 Å². The summed E-state index contributed by atoms with van der Waals surface area (Å²) in [6, 6.07) is 0.154. The Balaban J connectivity index is 2.32. The third-order valence-corrected chi connectivity index (χ3v) is 3.53. The van der Waals surface area contributed by atoms with E-state index in [1.54, 1.807) is 0 Å². The molecule has 1 saturated carbocycles. The smallest absolute Gasteiger partial charge is 0.375 e. The van der Waals surface area contributed by atoms with Crippen LogP contribution in [0.1, 0.15) is 31.4 Å². The van der Waals surface area contributed by atoms with Gasteiger partial charge in [0.15, 0.2) is 0 Å². The second-order valence-electron chi connectivity index (χ2n) is 5.04. The van der Waals surface area contributed by atoms with Crippen LogP contribution in [0.15, 0.2) is 12.3 Å². The number of aromatic nitrogens is 1. The predicted molar refractivity (Wildman–Crippen MR) is 69.7 cm³/mol. The lowest BCUT2D eigenvalue weighted by Crippen LogP contribution is -2.42. The van der Waals surface area contributed by atoms with Crippen molar-refractivity contribution >= 4 is 11.4 Å². The van der Waals surface area contributed by atoms with E-state index >= 15 is 0 Å². The first-order chi connectivity index (χ1) is 9.79. The first kappa shape index (κ1) is 15.5. The molecule has 1 aromatic rings. The fourth-order valence-electron chi connectivity index (χ4n) is 2.40. The van der Waals surface area contributed by atoms with Crippen molar-refractivity contribution in [3.8, 4) is 0 Å². The van der Waals surface area contributed by atoms with Crippen LogP contribution in [0.2, 0.25) is 0 Å². The fraction of sp³-hybridized carbons (Fsp3) is 0.583. The van der Waals surface area contributed by atoms with Crippen molar-refractivity contribution < 1.29 is 18.1 Å². The number of halogens is 3. The van der Waals surface area contributed by atoms with Crippen molar-refractivity contribution in [2.45, 2.75) is 43.9 Å². The average molecular weight is 304 g/mol. The minimum atomic E-state index is -4.65. The summed E-state index contributed by atoms with van der Waals surface area (Å²) < 4.78 is 38.0. The van der Waals surface area contributed by atoms with Crippen molar-refractivity contribution in [2.75, 3.05) is 5.32 Å². The van der Waals surface area contributed by atoms with Gasteiger partial charge in [0.2, 0.25) is 0 Å². The molecule has 1 aliphatic rings. The molecule has 1 heterocycles. The average Bonchev–Trinajstić information content (AvgIpc) is 2.40. The first-order valence-electron chi connectivity index (χ1n) is 6.53. The van der Waals surface area contributed by atoms with Gasteiger partial charge in [-0.15, -0.1) is 0 Å². The number of hydrogen-bond acceptors (Lipinski definition) is 5. The van der Waals surface area contributed by atoms with E-state index in [1.807, 2.05) is 0 Å². The molecule has 0 saturated heterocycles. The van der Waals surface area contributed by atoms with Gasteiger partial charge in [-0.3, -0.25) is 10.1 Å². The van der Waals surface area contributed by atoms with E-state index in [2.05, 4.69) is 10.3 Å². The maximum absolute atomic E-state index is 12.7. The minimum Gasteiger partial charge on any atom is -0.375 e. The quantitative estimate of drug-likeness (QED) is 0.661. The molecule has 0 bridgehead atoms. The molecule has 0 unspecified atom stereocenters. The molecule has 1 fully saturated rings. The number of alkyl halides is 3. The summed E-state index contributed by atoms with van der Waals surface area (Å²) in [5.74, 6) is 0. The highest BCUT2D eigenvalue weighted by atomic mass is 19.4. The Kier molecular flexibility index (Phi) is 4.31. The van der Waals surface area contributed by atoms with Crippen molar-refractivity contribution in [1.82, 2.24) is 4.98 Å². The normalized spacial score (nSPS) is 22.9. The number of hydrogen-bond donors (Lipinski definition) is 2. The molecule has 1 aliphatic carbocycles. The lowest BCUT2D eigenvalue weighted by molar-refractivity contribution is -0.384. The van der Waals surface area contributed by atoms with Crippen molar-refractivity contribution in [3.63, 3.8) is 0 Å². The van der Waals surface area contributed by atoms with Crippen LogP contribution in [0, 0.1) is 10.1 Å². The number of anilines is 1. The molecule has 1 aromatic heterocycles. The Morgan fingerprint density at radius 2 is 2.05 bits per heavy atom. The molecule has 2 atom stereocenters. The fourth-order valence-corrected chi connectivity index (χ4v) is 2.40. The van der Waals surface area contributed by atoms with Gasteiger partial charge in [-0.2, -0.15) is 13.2 Å². The largest absolute Gasteiger partial charge is 0.433 e. The summed E-state index contributed by atoms with van der Waals surface area (Å²) in [5, 5.41) is 13.7. The molecular weight excluding hydrogens is 289 g/mol. The summed E-state index contributed by atoms with van der Waals surface area (Å²) in [5.41, 5.74) is 4.06. The van der Waals surface area contributed by atoms with Crippen molar-refractivity contribution in [3.05, 3.63) is 28.1 Å². The van der Waals surface area contributed by atoms with Crippen LogP contribution in [0.4, 0.5) is 24.5 Å². The van der Waals surface area contributed by atoms with Crippen molar-refractivity contribution in [2.24, 2.45) is 5.73 Å². The Morgan fingerprint density at radius 1 is 1.38 bits per heavy atom. The van der Waals surface area contributed by atoms with Crippen LogP contribution in [0.5, 0.6) is 0 Å². The van der Waals surface area contributed by atoms with Gasteiger partial charge in [0.1, 0.15) is 17.6 Å². The molecule has 9 heteroatoms. The van der Waals surface area contributed by atoms with Gasteiger partial charge in [0, 0.05) is 12.1 Å². The molecule has 0 spiro atoms. The second kappa shape index (κ2) is 5.84. The van der Waals surface area contributed by atoms with Crippen LogP contribution in [0.25, 0.3) is 0 Å². The molecule has 0 radical (unpaired) electrons. The van der Waals surface area contributed by atoms with E-state index in [0.29, 0.717) is 18.7 Å². The Morgan fingerprint density at radius 3 is 2.62 bits per heavy atom. The molecule has 21 heavy (non-hydrogen) atoms. The summed E-state index contributed by atoms with van der Waals surface area (Å²) in [4.78, 5) is 13.3. The number of nitrogens with one attached hydrogen (secondary N) is 1. The number of rotatable bonds is 3. The maximum Gasteiger partial charge on any atom is 0.433 e. The van der Waals surface area contributed by atoms with Gasteiger partial charge in [-0.25, -0.2) is 4.98 Å². The number of pyridine rings is 1. The van der Waals surface area contributed by atoms with E-state index < -0.39 is 22.5 Å². The summed E-state index contributed by atoms with van der Waals surface area (Å²) in [6.07, 6.45) is -0.785. The molecule has 2 rings (SSSR count). The van der Waals surface area contributed by atoms with E-state index in [-0.39, 0.29) is 17.8 Å². The Hall–Kier alpha value is -1.90. The summed E-state index contributed by atoms with van der Waals surface area (Å²) >= 11 is 0. The zero-order chi connectivity index (χ0) is 15.6. The lowest BCUT2D eigenvalue weighted by atomic mass is 9.91. The Labute approximate surface area is 118 Å². The maximum atomic E-state index is 12.7. The zero-order valence-electron chi connectivity index (χ0n) is 11.1. The first-order valence-corrected chi connectivity index (χ1v) is 6.53. The van der Waals surface area contributed by atoms with Crippen LogP contribution >= 0.6 is 0 Å². The van der Waals surface area contributed by atoms with Crippen molar-refractivity contribution in [1.29, 1.82) is 0 Å². The molecule has 6 nitrogen and oxygen atoms in total. The van der Waals surface area contributed by atoms with Gasteiger partial charge in [-0.05, 0) is 18.9 Å². The number of nitrogens with zero attached hydrogens (tertiary/aromatic N) is 2. The van der Waals surface area contributed by atoms with E-state index in [1.165, 1.54) is 0 Å². The van der Waals surface area contributed by atoms with Gasteiger partial charge in [0.25, 0.3) is 0 Å². The van der Waals surface area contributed by atoms with Gasteiger partial charge in [0.05, 0.1) is 4.92 Å². The van der Waals surface area contributed by atoms with E-state index in [0.717, 1.165) is 19.3 Å². The molecule has 116 valence electrons. The molecule has 0 amide bonds. The highest BCUT2D eigenvalue weighted by molar-refractivity contribution is 5.61. The Bertz CT molecular complexity index is 536. The topological polar surface area (TPSA) is 94.1 Å². The predicted octanol–water partition coefficient (Wildman–Crippen LogP) is 2.69. The van der Waals surface area contributed by atoms with Crippen LogP contribution < -0.4 is 11.1 Å². The number of nitrogens with two attached hydrogens (primary N) is 1. The third-order valence-electron chi connectivity index (χ3n) is 3.53. The SMILES string of the molecule is N[C@@H]1CCCC[C@H]1Nc1cc(C(F)(F)F)ncc1[N+](=O)[O-]. The van der Waals surface area contributed by atoms with Crippen LogP contribution in [-0.2, 0) is 6.18 Å². The standard InChI is InChI=1S/C12H15F3N4O2/c13-12(14,15)11-5-9(10(6-17-11)19(20)21)18-8-4-2-1-3-7(8)16/h5-8H,1-4,16H2,(H,17,18)/t7-,8-/m1/s1. The van der Waals surface area contributed by atoms with Gasteiger partial charge < -0.3 is 11.1 Å². The minimum absolute atomic E-state index is 0.190. The van der Waals surface area contributed by atoms with Crippen LogP contribution in [0.3, 0.4) is 0 Å². The number of nitro groups is 1. The summed E-state index contributed by atoms with van der Waals surface area (Å²) in [7, 11) is 0. The highest BCUT2D eigenvalue weighted by Crippen LogP contribution is 2.34. The molecule has 0 aliphatic heterocycles. The molecule has 3 N–H and O–H groups in total. The zero-order valence-corrected chi connectivity index (χ0v) is 11.1. The lowest BCUT2D eigenvalue weighted by Gasteiger charge is -2.30.